The smallest absolute Gasteiger partial charge is 0.0345 e. The van der Waals surface area contributed by atoms with E-state index < -0.39 is 0 Å². The summed E-state index contributed by atoms with van der Waals surface area (Å²) in [6.45, 7) is 5.81. The van der Waals surface area contributed by atoms with E-state index in [1.807, 2.05) is 6.08 Å². The summed E-state index contributed by atoms with van der Waals surface area (Å²) in [4.78, 5) is 0. The van der Waals surface area contributed by atoms with Gasteiger partial charge in [0.2, 0.25) is 0 Å². The van der Waals surface area contributed by atoms with Crippen LogP contribution in [0, 0.1) is 0 Å². The Hall–Kier alpha value is -0.0431. The van der Waals surface area contributed by atoms with Crippen molar-refractivity contribution in [3.05, 3.63) is 12.7 Å². The predicted octanol–water partition coefficient (Wildman–Crippen LogP) is 1.73. The van der Waals surface area contributed by atoms with Crippen LogP contribution in [0.25, 0.3) is 0 Å². The molecular weight excluding hydrogens is 88.1 g/mol. The Morgan fingerprint density at radius 1 is 1.83 bits per heavy atom. The van der Waals surface area contributed by atoms with E-state index in [0.717, 1.165) is 9.52 Å². The van der Waals surface area contributed by atoms with Gasteiger partial charge in [0.25, 0.3) is 0 Å². The normalized spacial score (nSPS) is 8.17. The largest absolute Gasteiger partial charge is 0.103 e. The first kappa shape index (κ1) is 5.96. The van der Waals surface area contributed by atoms with Gasteiger partial charge in [-0.25, -0.2) is 0 Å². The maximum atomic E-state index is 3.60. The molecule has 0 aliphatic rings. The van der Waals surface area contributed by atoms with Crippen LogP contribution in [0.3, 0.4) is 0 Å². The summed E-state index contributed by atoms with van der Waals surface area (Å²) in [5, 5.41) is 0. The minimum Gasteiger partial charge on any atom is -0.103 e. The molecule has 34 valence electrons. The van der Waals surface area contributed by atoms with Crippen LogP contribution in [-0.4, -0.2) is 9.52 Å². The SMILES string of the molecule is C=CCC[Si]C. The molecule has 0 saturated heterocycles. The average Bonchev–Trinajstić information content (AvgIpc) is 1.61. The first-order valence-corrected chi connectivity index (χ1v) is 3.88. The molecule has 0 nitrogen and oxygen atoms in total. The van der Waals surface area contributed by atoms with Gasteiger partial charge in [-0.15, -0.1) is 6.58 Å². The lowest BCUT2D eigenvalue weighted by molar-refractivity contribution is 1.21. The number of allylic oxidation sites excluding steroid dienone is 1. The van der Waals surface area contributed by atoms with Crippen molar-refractivity contribution < 1.29 is 0 Å². The molecule has 0 aromatic carbocycles. The first-order chi connectivity index (χ1) is 2.91. The van der Waals surface area contributed by atoms with Gasteiger partial charge in [-0.1, -0.05) is 18.7 Å². The van der Waals surface area contributed by atoms with Crippen LogP contribution in [0.2, 0.25) is 12.6 Å². The first-order valence-electron chi connectivity index (χ1n) is 2.17. The summed E-state index contributed by atoms with van der Waals surface area (Å²) in [5.74, 6) is 0. The van der Waals surface area contributed by atoms with Gasteiger partial charge in [0.05, 0.1) is 0 Å². The maximum absolute atomic E-state index is 3.60. The minimum atomic E-state index is 1.09. The summed E-state index contributed by atoms with van der Waals surface area (Å²) in [5.41, 5.74) is 0. The van der Waals surface area contributed by atoms with Crippen LogP contribution in [0.1, 0.15) is 6.42 Å². The number of hydrogen-bond acceptors (Lipinski definition) is 0. The lowest BCUT2D eigenvalue weighted by Crippen LogP contribution is -1.74. The van der Waals surface area contributed by atoms with Gasteiger partial charge in [0.1, 0.15) is 0 Å². The molecule has 0 saturated carbocycles. The maximum Gasteiger partial charge on any atom is 0.0345 e. The molecule has 0 aromatic heterocycles. The molecule has 1 heteroatoms. The molecule has 0 heterocycles. The summed E-state index contributed by atoms with van der Waals surface area (Å²) in [6.07, 6.45) is 3.16. The third-order valence-corrected chi connectivity index (χ3v) is 1.39. The highest BCUT2D eigenvalue weighted by molar-refractivity contribution is 6.33. The molecule has 0 aliphatic heterocycles. The van der Waals surface area contributed by atoms with E-state index in [0.29, 0.717) is 0 Å². The summed E-state index contributed by atoms with van der Waals surface area (Å²) >= 11 is 0. The molecule has 0 amide bonds. The van der Waals surface area contributed by atoms with Crippen molar-refractivity contribution in [2.75, 3.05) is 0 Å². The molecule has 0 fully saturated rings. The highest BCUT2D eigenvalue weighted by atomic mass is 28.2. The number of rotatable bonds is 3. The fraction of sp³-hybridized carbons (Fsp3) is 0.600. The zero-order valence-electron chi connectivity index (χ0n) is 4.20. The lowest BCUT2D eigenvalue weighted by atomic mass is 10.5. The lowest BCUT2D eigenvalue weighted by Gasteiger charge is -1.80. The fourth-order valence-electron chi connectivity index (χ4n) is 0.246. The zero-order chi connectivity index (χ0) is 4.83. The molecule has 2 radical (unpaired) electrons. The van der Waals surface area contributed by atoms with Crippen molar-refractivity contribution in [2.24, 2.45) is 0 Å². The van der Waals surface area contributed by atoms with E-state index in [1.54, 1.807) is 0 Å². The molecule has 0 rings (SSSR count). The Balaban J connectivity index is 2.49. The topological polar surface area (TPSA) is 0 Å². The summed E-state index contributed by atoms with van der Waals surface area (Å²) < 4.78 is 0. The third kappa shape index (κ3) is 3.96. The molecule has 0 spiro atoms. The van der Waals surface area contributed by atoms with E-state index in [4.69, 9.17) is 0 Å². The van der Waals surface area contributed by atoms with Crippen molar-refractivity contribution >= 4 is 9.52 Å². The van der Waals surface area contributed by atoms with E-state index in [1.165, 1.54) is 12.5 Å². The van der Waals surface area contributed by atoms with Gasteiger partial charge in [0.15, 0.2) is 0 Å². The van der Waals surface area contributed by atoms with Crippen LogP contribution in [0.4, 0.5) is 0 Å². The van der Waals surface area contributed by atoms with E-state index in [9.17, 15) is 0 Å². The van der Waals surface area contributed by atoms with Crippen LogP contribution in [0.15, 0.2) is 12.7 Å². The Labute approximate surface area is 42.1 Å². The molecule has 0 N–H and O–H groups in total. The molecule has 0 atom stereocenters. The highest BCUT2D eigenvalue weighted by Gasteiger charge is 1.73. The van der Waals surface area contributed by atoms with Gasteiger partial charge in [-0.3, -0.25) is 0 Å². The monoisotopic (exact) mass is 98.1 g/mol. The quantitative estimate of drug-likeness (QED) is 0.286. The third-order valence-electron chi connectivity index (χ3n) is 0.598. The van der Waals surface area contributed by atoms with Crippen molar-refractivity contribution in [1.29, 1.82) is 0 Å². The van der Waals surface area contributed by atoms with Crippen LogP contribution in [-0.2, 0) is 0 Å². The van der Waals surface area contributed by atoms with Gasteiger partial charge >= 0.3 is 0 Å². The minimum absolute atomic E-state index is 1.09. The van der Waals surface area contributed by atoms with Crippen molar-refractivity contribution in [3.8, 4) is 0 Å². The van der Waals surface area contributed by atoms with Gasteiger partial charge < -0.3 is 0 Å². The van der Waals surface area contributed by atoms with E-state index in [2.05, 4.69) is 13.1 Å². The van der Waals surface area contributed by atoms with Crippen LogP contribution in [0.5, 0.6) is 0 Å². The fourth-order valence-corrected chi connectivity index (χ4v) is 0.739. The second kappa shape index (κ2) is 4.96. The van der Waals surface area contributed by atoms with Gasteiger partial charge in [-0.05, 0) is 6.42 Å². The molecule has 6 heavy (non-hydrogen) atoms. The van der Waals surface area contributed by atoms with E-state index in [-0.39, 0.29) is 0 Å². The Morgan fingerprint density at radius 3 is 2.67 bits per heavy atom. The Morgan fingerprint density at radius 2 is 2.50 bits per heavy atom. The highest BCUT2D eigenvalue weighted by Crippen LogP contribution is 1.85. The average molecular weight is 98.2 g/mol. The number of hydrogen-bond donors (Lipinski definition) is 0. The van der Waals surface area contributed by atoms with E-state index >= 15 is 0 Å². The standard InChI is InChI=1S/C5H10Si/c1-3-4-5-6-2/h3H,1,4-5H2,2H3. The molecule has 0 aliphatic carbocycles. The predicted molar refractivity (Wildman–Crippen MR) is 31.2 cm³/mol. The summed E-state index contributed by atoms with van der Waals surface area (Å²) in [6, 6.07) is 1.32. The molecular formula is C5H10Si. The zero-order valence-corrected chi connectivity index (χ0v) is 5.20. The Kier molecular flexibility index (Phi) is 4.92. The van der Waals surface area contributed by atoms with Crippen LogP contribution < -0.4 is 0 Å². The van der Waals surface area contributed by atoms with Gasteiger partial charge in [-0.2, -0.15) is 0 Å². The van der Waals surface area contributed by atoms with Gasteiger partial charge in [0, 0.05) is 9.52 Å². The second-order valence-corrected chi connectivity index (χ2v) is 2.39. The van der Waals surface area contributed by atoms with Crippen molar-refractivity contribution in [2.45, 2.75) is 19.0 Å². The van der Waals surface area contributed by atoms with Crippen molar-refractivity contribution in [3.63, 3.8) is 0 Å². The summed E-state index contributed by atoms with van der Waals surface area (Å²) in [7, 11) is 1.09. The second-order valence-electron chi connectivity index (χ2n) is 1.18. The van der Waals surface area contributed by atoms with Crippen molar-refractivity contribution in [1.82, 2.24) is 0 Å². The Bertz CT molecular complexity index is 32.9. The molecule has 0 unspecified atom stereocenters. The molecule has 0 bridgehead atoms. The van der Waals surface area contributed by atoms with Crippen LogP contribution >= 0.6 is 0 Å². The molecule has 0 aromatic rings.